The van der Waals surface area contributed by atoms with Crippen LogP contribution in [0.15, 0.2) is 59.5 Å². The molecular weight excluding hydrogens is 342 g/mol. The van der Waals surface area contributed by atoms with E-state index in [0.717, 1.165) is 6.26 Å². The largest absolute Gasteiger partial charge is 0.449 e. The van der Waals surface area contributed by atoms with Gasteiger partial charge in [-0.1, -0.05) is 24.3 Å². The lowest BCUT2D eigenvalue weighted by Crippen LogP contribution is -2.37. The fourth-order valence-corrected chi connectivity index (χ4v) is 2.85. The highest BCUT2D eigenvalue weighted by atomic mass is 32.2. The van der Waals surface area contributed by atoms with E-state index in [-0.39, 0.29) is 16.4 Å². The molecule has 0 radical (unpaired) electrons. The maximum absolute atomic E-state index is 12.4. The number of hydrogen-bond donors (Lipinski definition) is 0. The minimum atomic E-state index is -3.44. The van der Waals surface area contributed by atoms with Crippen LogP contribution in [-0.2, 0) is 19.4 Å². The SMILES string of the molecule is C[C@H](OC(=O)c1cccc(S(C)(=O)=O)c1)C(=O)N(C)c1ccccc1. The van der Waals surface area contributed by atoms with Crippen LogP contribution in [0.4, 0.5) is 5.69 Å². The van der Waals surface area contributed by atoms with E-state index in [2.05, 4.69) is 0 Å². The highest BCUT2D eigenvalue weighted by Gasteiger charge is 2.23. The minimum Gasteiger partial charge on any atom is -0.449 e. The third kappa shape index (κ3) is 4.67. The van der Waals surface area contributed by atoms with Crippen LogP contribution in [0.1, 0.15) is 17.3 Å². The van der Waals surface area contributed by atoms with Crippen LogP contribution in [0.2, 0.25) is 0 Å². The molecule has 0 aliphatic rings. The van der Waals surface area contributed by atoms with Crippen LogP contribution in [0.25, 0.3) is 0 Å². The van der Waals surface area contributed by atoms with Gasteiger partial charge in [0.25, 0.3) is 5.91 Å². The summed E-state index contributed by atoms with van der Waals surface area (Å²) in [4.78, 5) is 26.0. The first kappa shape index (κ1) is 18.7. The second kappa shape index (κ2) is 7.48. The Labute approximate surface area is 146 Å². The van der Waals surface area contributed by atoms with Gasteiger partial charge in [0.2, 0.25) is 0 Å². The van der Waals surface area contributed by atoms with Crippen LogP contribution >= 0.6 is 0 Å². The number of sulfone groups is 1. The van der Waals surface area contributed by atoms with E-state index >= 15 is 0 Å². The number of carbonyl (C=O) groups excluding carboxylic acids is 2. The van der Waals surface area contributed by atoms with E-state index in [1.54, 1.807) is 31.3 Å². The van der Waals surface area contributed by atoms with Gasteiger partial charge < -0.3 is 9.64 Å². The van der Waals surface area contributed by atoms with Crippen LogP contribution in [0.3, 0.4) is 0 Å². The van der Waals surface area contributed by atoms with E-state index < -0.39 is 21.9 Å². The summed E-state index contributed by atoms with van der Waals surface area (Å²) in [6.45, 7) is 1.47. The van der Waals surface area contributed by atoms with Crippen LogP contribution in [-0.4, -0.2) is 39.7 Å². The zero-order chi connectivity index (χ0) is 18.6. The quantitative estimate of drug-likeness (QED) is 0.764. The topological polar surface area (TPSA) is 80.8 Å². The summed E-state index contributed by atoms with van der Waals surface area (Å²) in [5, 5.41) is 0. The lowest BCUT2D eigenvalue weighted by Gasteiger charge is -2.21. The second-order valence-electron chi connectivity index (χ2n) is 5.58. The fraction of sp³-hybridized carbons (Fsp3) is 0.222. The van der Waals surface area contributed by atoms with Crippen molar-refractivity contribution in [3.05, 3.63) is 60.2 Å². The van der Waals surface area contributed by atoms with Crippen LogP contribution in [0, 0.1) is 0 Å². The summed E-state index contributed by atoms with van der Waals surface area (Å²) in [7, 11) is -1.85. The van der Waals surface area contributed by atoms with E-state index in [1.165, 1.54) is 36.1 Å². The number of benzene rings is 2. The molecule has 0 heterocycles. The van der Waals surface area contributed by atoms with Gasteiger partial charge in [-0.3, -0.25) is 4.79 Å². The van der Waals surface area contributed by atoms with Gasteiger partial charge >= 0.3 is 5.97 Å². The number of esters is 1. The van der Waals surface area contributed by atoms with Crippen molar-refractivity contribution in [3.63, 3.8) is 0 Å². The van der Waals surface area contributed by atoms with Crippen molar-refractivity contribution >= 4 is 27.4 Å². The number of anilines is 1. The molecule has 0 unspecified atom stereocenters. The molecule has 25 heavy (non-hydrogen) atoms. The Kier molecular flexibility index (Phi) is 5.58. The maximum Gasteiger partial charge on any atom is 0.338 e. The van der Waals surface area contributed by atoms with Crippen LogP contribution < -0.4 is 4.90 Å². The van der Waals surface area contributed by atoms with Gasteiger partial charge in [-0.25, -0.2) is 13.2 Å². The van der Waals surface area contributed by atoms with E-state index in [0.29, 0.717) is 5.69 Å². The Balaban J connectivity index is 2.11. The molecule has 2 aromatic rings. The summed E-state index contributed by atoms with van der Waals surface area (Å²) < 4.78 is 28.3. The number of ether oxygens (including phenoxy) is 1. The van der Waals surface area contributed by atoms with Crippen molar-refractivity contribution in [2.45, 2.75) is 17.9 Å². The first-order valence-electron chi connectivity index (χ1n) is 7.54. The molecule has 1 atom stereocenters. The molecule has 0 fully saturated rings. The molecule has 0 saturated carbocycles. The average Bonchev–Trinajstić information content (AvgIpc) is 2.60. The van der Waals surface area contributed by atoms with E-state index in [1.807, 2.05) is 6.07 Å². The molecule has 1 amide bonds. The molecule has 7 heteroatoms. The van der Waals surface area contributed by atoms with E-state index in [4.69, 9.17) is 4.74 Å². The Morgan fingerprint density at radius 1 is 1.04 bits per heavy atom. The number of amides is 1. The molecule has 0 bridgehead atoms. The summed E-state index contributed by atoms with van der Waals surface area (Å²) in [5.74, 6) is -1.15. The summed E-state index contributed by atoms with van der Waals surface area (Å²) in [6, 6.07) is 14.5. The molecule has 2 aromatic carbocycles. The fourth-order valence-electron chi connectivity index (χ4n) is 2.18. The lowest BCUT2D eigenvalue weighted by atomic mass is 10.2. The molecule has 0 aliphatic heterocycles. The van der Waals surface area contributed by atoms with Gasteiger partial charge in [0.1, 0.15) is 0 Å². The third-order valence-corrected chi connectivity index (χ3v) is 4.71. The van der Waals surface area contributed by atoms with E-state index in [9.17, 15) is 18.0 Å². The Morgan fingerprint density at radius 3 is 2.28 bits per heavy atom. The van der Waals surface area contributed by atoms with Crippen LogP contribution in [0.5, 0.6) is 0 Å². The van der Waals surface area contributed by atoms with Crippen molar-refractivity contribution in [3.8, 4) is 0 Å². The molecule has 2 rings (SSSR count). The van der Waals surface area contributed by atoms with Gasteiger partial charge in [-0.15, -0.1) is 0 Å². The monoisotopic (exact) mass is 361 g/mol. The molecule has 0 aromatic heterocycles. The number of likely N-dealkylation sites (N-methyl/N-ethyl adjacent to an activating group) is 1. The standard InChI is InChI=1S/C18H19NO5S/c1-13(17(20)19(2)15-9-5-4-6-10-15)24-18(21)14-8-7-11-16(12-14)25(3,22)23/h4-13H,1-3H3/t13-/m0/s1. The lowest BCUT2D eigenvalue weighted by molar-refractivity contribution is -0.126. The number of nitrogens with zero attached hydrogens (tertiary/aromatic N) is 1. The Bertz CT molecular complexity index is 877. The smallest absolute Gasteiger partial charge is 0.338 e. The highest BCUT2D eigenvalue weighted by molar-refractivity contribution is 7.90. The first-order valence-corrected chi connectivity index (χ1v) is 9.43. The van der Waals surface area contributed by atoms with Crippen molar-refractivity contribution in [1.82, 2.24) is 0 Å². The van der Waals surface area contributed by atoms with Crippen molar-refractivity contribution in [2.75, 3.05) is 18.2 Å². The van der Waals surface area contributed by atoms with Gasteiger partial charge in [0.05, 0.1) is 10.5 Å². The Morgan fingerprint density at radius 2 is 1.68 bits per heavy atom. The van der Waals surface area contributed by atoms with Gasteiger partial charge in [-0.05, 0) is 37.3 Å². The molecular formula is C18H19NO5S. The molecule has 6 nitrogen and oxygen atoms in total. The second-order valence-corrected chi connectivity index (χ2v) is 7.60. The molecule has 0 N–H and O–H groups in total. The zero-order valence-electron chi connectivity index (χ0n) is 14.2. The third-order valence-electron chi connectivity index (χ3n) is 3.60. The van der Waals surface area contributed by atoms with Gasteiger partial charge in [-0.2, -0.15) is 0 Å². The summed E-state index contributed by atoms with van der Waals surface area (Å²) in [5.41, 5.74) is 0.749. The predicted octanol–water partition coefficient (Wildman–Crippen LogP) is 2.30. The first-order chi connectivity index (χ1) is 11.7. The van der Waals surface area contributed by atoms with Gasteiger partial charge in [0, 0.05) is 19.0 Å². The molecule has 132 valence electrons. The average molecular weight is 361 g/mol. The highest BCUT2D eigenvalue weighted by Crippen LogP contribution is 2.16. The maximum atomic E-state index is 12.4. The van der Waals surface area contributed by atoms with Crippen molar-refractivity contribution in [2.24, 2.45) is 0 Å². The van der Waals surface area contributed by atoms with Crippen molar-refractivity contribution in [1.29, 1.82) is 0 Å². The number of carbonyl (C=O) groups is 2. The number of hydrogen-bond acceptors (Lipinski definition) is 5. The normalized spacial score (nSPS) is 12.3. The Hall–Kier alpha value is -2.67. The number of para-hydroxylation sites is 1. The summed E-state index contributed by atoms with van der Waals surface area (Å²) in [6.07, 6.45) is 0.0397. The molecule has 0 aliphatic carbocycles. The predicted molar refractivity (Wildman–Crippen MR) is 94.3 cm³/mol. The zero-order valence-corrected chi connectivity index (χ0v) is 15.0. The minimum absolute atomic E-state index is 0.0160. The van der Waals surface area contributed by atoms with Crippen molar-refractivity contribution < 1.29 is 22.7 Å². The number of rotatable bonds is 5. The molecule has 0 saturated heterocycles. The van der Waals surface area contributed by atoms with Gasteiger partial charge in [0.15, 0.2) is 15.9 Å². The molecule has 0 spiro atoms. The summed E-state index contributed by atoms with van der Waals surface area (Å²) >= 11 is 0.